The highest BCUT2D eigenvalue weighted by molar-refractivity contribution is 6.39. The zero-order chi connectivity index (χ0) is 13.7. The molecule has 0 saturated heterocycles. The van der Waals surface area contributed by atoms with E-state index in [4.69, 9.17) is 0 Å². The van der Waals surface area contributed by atoms with E-state index in [9.17, 15) is 9.59 Å². The molecule has 0 fully saturated rings. The van der Waals surface area contributed by atoms with Gasteiger partial charge in [0.05, 0.1) is 6.04 Å². The topological polar surface area (TPSA) is 84.2 Å². The minimum Gasteiger partial charge on any atom is -0.363 e. The quantitative estimate of drug-likeness (QED) is 0.818. The molecule has 0 saturated carbocycles. The number of rotatable bonds is 3. The van der Waals surface area contributed by atoms with Gasteiger partial charge in [-0.25, -0.2) is 0 Å². The summed E-state index contributed by atoms with van der Waals surface area (Å²) in [5, 5.41) is 8.41. The summed E-state index contributed by atoms with van der Waals surface area (Å²) < 4.78 is 4.55. The Morgan fingerprint density at radius 2 is 1.89 bits per heavy atom. The average Bonchev–Trinajstić information content (AvgIpc) is 2.92. The molecule has 0 aliphatic heterocycles. The molecule has 0 aliphatic rings. The first-order valence-electron chi connectivity index (χ1n) is 5.74. The lowest BCUT2D eigenvalue weighted by Gasteiger charge is -2.13. The van der Waals surface area contributed by atoms with Gasteiger partial charge in [-0.2, -0.15) is 0 Å². The molecule has 1 heterocycles. The van der Waals surface area contributed by atoms with E-state index in [1.54, 1.807) is 6.92 Å². The highest BCUT2D eigenvalue weighted by atomic mass is 16.5. The van der Waals surface area contributed by atoms with Crippen LogP contribution in [0.15, 0.2) is 47.2 Å². The van der Waals surface area contributed by atoms with Crippen LogP contribution in [0.25, 0.3) is 0 Å². The molecule has 2 rings (SSSR count). The number of aromatic nitrogens is 1. The van der Waals surface area contributed by atoms with Crippen molar-refractivity contribution in [3.63, 3.8) is 0 Å². The van der Waals surface area contributed by atoms with Gasteiger partial charge in [0.15, 0.2) is 5.82 Å². The monoisotopic (exact) mass is 259 g/mol. The lowest BCUT2D eigenvalue weighted by Crippen LogP contribution is -2.36. The average molecular weight is 259 g/mol. The van der Waals surface area contributed by atoms with Gasteiger partial charge in [0, 0.05) is 6.07 Å². The third kappa shape index (κ3) is 3.41. The highest BCUT2D eigenvalue weighted by Gasteiger charge is 2.17. The van der Waals surface area contributed by atoms with Gasteiger partial charge < -0.3 is 9.84 Å². The van der Waals surface area contributed by atoms with Crippen LogP contribution in [0, 0.1) is 0 Å². The third-order valence-electron chi connectivity index (χ3n) is 2.53. The van der Waals surface area contributed by atoms with E-state index in [-0.39, 0.29) is 11.9 Å². The SMILES string of the molecule is C[C@H](NC(=O)C(=O)Nc1ccon1)c1ccccc1. The number of hydrogen-bond donors (Lipinski definition) is 2. The molecule has 0 aliphatic carbocycles. The molecule has 1 aromatic heterocycles. The molecule has 0 radical (unpaired) electrons. The summed E-state index contributed by atoms with van der Waals surface area (Å²) in [7, 11) is 0. The molecule has 6 nitrogen and oxygen atoms in total. The van der Waals surface area contributed by atoms with Crippen molar-refractivity contribution in [3.8, 4) is 0 Å². The summed E-state index contributed by atoms with van der Waals surface area (Å²) in [6.07, 6.45) is 1.31. The van der Waals surface area contributed by atoms with Gasteiger partial charge in [0.2, 0.25) is 0 Å². The Morgan fingerprint density at radius 3 is 2.53 bits per heavy atom. The van der Waals surface area contributed by atoms with Gasteiger partial charge in [-0.3, -0.25) is 14.9 Å². The van der Waals surface area contributed by atoms with E-state index < -0.39 is 11.8 Å². The third-order valence-corrected chi connectivity index (χ3v) is 2.53. The minimum absolute atomic E-state index is 0.201. The number of nitrogens with one attached hydrogen (secondary N) is 2. The maximum atomic E-state index is 11.7. The lowest BCUT2D eigenvalue weighted by atomic mass is 10.1. The Bertz CT molecular complexity index is 552. The number of amides is 2. The molecule has 19 heavy (non-hydrogen) atoms. The fraction of sp³-hybridized carbons (Fsp3) is 0.154. The normalized spacial score (nSPS) is 11.6. The molecular formula is C13H13N3O3. The van der Waals surface area contributed by atoms with Crippen LogP contribution in [-0.4, -0.2) is 17.0 Å². The number of benzene rings is 1. The van der Waals surface area contributed by atoms with Crippen molar-refractivity contribution in [2.24, 2.45) is 0 Å². The zero-order valence-corrected chi connectivity index (χ0v) is 10.3. The first kappa shape index (κ1) is 12.8. The van der Waals surface area contributed by atoms with E-state index in [0.717, 1.165) is 5.56 Å². The Morgan fingerprint density at radius 1 is 1.16 bits per heavy atom. The minimum atomic E-state index is -0.781. The number of nitrogens with zero attached hydrogens (tertiary/aromatic N) is 1. The maximum absolute atomic E-state index is 11.7. The first-order chi connectivity index (χ1) is 9.16. The highest BCUT2D eigenvalue weighted by Crippen LogP contribution is 2.10. The van der Waals surface area contributed by atoms with Crippen LogP contribution in [0.5, 0.6) is 0 Å². The predicted octanol–water partition coefficient (Wildman–Crippen LogP) is 1.49. The molecule has 1 atom stereocenters. The second-order valence-electron chi connectivity index (χ2n) is 3.94. The van der Waals surface area contributed by atoms with Crippen LogP contribution in [0.1, 0.15) is 18.5 Å². The molecule has 2 N–H and O–H groups in total. The zero-order valence-electron chi connectivity index (χ0n) is 10.3. The Hall–Kier alpha value is -2.63. The van der Waals surface area contributed by atoms with E-state index >= 15 is 0 Å². The van der Waals surface area contributed by atoms with Crippen molar-refractivity contribution in [3.05, 3.63) is 48.2 Å². The molecule has 0 bridgehead atoms. The van der Waals surface area contributed by atoms with Gasteiger partial charge >= 0.3 is 11.8 Å². The van der Waals surface area contributed by atoms with Crippen molar-refractivity contribution < 1.29 is 14.1 Å². The molecule has 0 spiro atoms. The summed E-state index contributed by atoms with van der Waals surface area (Å²) in [5.41, 5.74) is 0.921. The number of hydrogen-bond acceptors (Lipinski definition) is 4. The van der Waals surface area contributed by atoms with Gasteiger partial charge in [0.25, 0.3) is 0 Å². The molecule has 6 heteroatoms. The van der Waals surface area contributed by atoms with Crippen molar-refractivity contribution in [1.29, 1.82) is 0 Å². The van der Waals surface area contributed by atoms with Crippen LogP contribution < -0.4 is 10.6 Å². The predicted molar refractivity (Wildman–Crippen MR) is 68.1 cm³/mol. The van der Waals surface area contributed by atoms with E-state index in [2.05, 4.69) is 20.3 Å². The summed E-state index contributed by atoms with van der Waals surface area (Å²) in [5.74, 6) is -1.30. The Balaban J connectivity index is 1.92. The number of carbonyl (C=O) groups is 2. The second-order valence-corrected chi connectivity index (χ2v) is 3.94. The first-order valence-corrected chi connectivity index (χ1v) is 5.74. The molecule has 0 unspecified atom stereocenters. The summed E-state index contributed by atoms with van der Waals surface area (Å²) in [6.45, 7) is 1.80. The fourth-order valence-electron chi connectivity index (χ4n) is 1.54. The molecule has 2 aromatic rings. The summed E-state index contributed by atoms with van der Waals surface area (Å²) in [6, 6.07) is 10.6. The van der Waals surface area contributed by atoms with Gasteiger partial charge in [-0.15, -0.1) is 0 Å². The molecule has 2 amide bonds. The summed E-state index contributed by atoms with van der Waals surface area (Å²) >= 11 is 0. The van der Waals surface area contributed by atoms with Crippen molar-refractivity contribution in [2.45, 2.75) is 13.0 Å². The van der Waals surface area contributed by atoms with Gasteiger partial charge in [-0.05, 0) is 12.5 Å². The van der Waals surface area contributed by atoms with E-state index in [0.29, 0.717) is 0 Å². The molecule has 98 valence electrons. The van der Waals surface area contributed by atoms with Crippen molar-refractivity contribution in [2.75, 3.05) is 5.32 Å². The summed E-state index contributed by atoms with van der Waals surface area (Å²) in [4.78, 5) is 23.2. The van der Waals surface area contributed by atoms with Crippen LogP contribution >= 0.6 is 0 Å². The van der Waals surface area contributed by atoms with E-state index in [1.165, 1.54) is 12.3 Å². The van der Waals surface area contributed by atoms with Crippen LogP contribution in [0.2, 0.25) is 0 Å². The van der Waals surface area contributed by atoms with Gasteiger partial charge in [-0.1, -0.05) is 35.5 Å². The van der Waals surface area contributed by atoms with Crippen molar-refractivity contribution in [1.82, 2.24) is 10.5 Å². The number of carbonyl (C=O) groups excluding carboxylic acids is 2. The number of anilines is 1. The largest absolute Gasteiger partial charge is 0.363 e. The van der Waals surface area contributed by atoms with Crippen LogP contribution in [0.3, 0.4) is 0 Å². The van der Waals surface area contributed by atoms with Crippen LogP contribution in [0.4, 0.5) is 5.82 Å². The standard InChI is InChI=1S/C13H13N3O3/c1-9(10-5-3-2-4-6-10)14-12(17)13(18)15-11-7-8-19-16-11/h2-9H,1H3,(H,14,17)(H,15,16,18)/t9-/m0/s1. The van der Waals surface area contributed by atoms with E-state index in [1.807, 2.05) is 30.3 Å². The Labute approximate surface area is 109 Å². The lowest BCUT2D eigenvalue weighted by molar-refractivity contribution is -0.136. The fourth-order valence-corrected chi connectivity index (χ4v) is 1.54. The van der Waals surface area contributed by atoms with Crippen LogP contribution in [-0.2, 0) is 9.59 Å². The van der Waals surface area contributed by atoms with Crippen molar-refractivity contribution >= 4 is 17.6 Å². The molecular weight excluding hydrogens is 246 g/mol. The smallest absolute Gasteiger partial charge is 0.314 e. The Kier molecular flexibility index (Phi) is 3.92. The molecule has 1 aromatic carbocycles. The maximum Gasteiger partial charge on any atom is 0.314 e. The van der Waals surface area contributed by atoms with Gasteiger partial charge in [0.1, 0.15) is 6.26 Å². The second kappa shape index (κ2) is 5.81.